The van der Waals surface area contributed by atoms with E-state index in [-0.39, 0.29) is 11.8 Å². The van der Waals surface area contributed by atoms with Gasteiger partial charge in [-0.05, 0) is 48.4 Å². The van der Waals surface area contributed by atoms with Crippen LogP contribution >= 0.6 is 23.4 Å². The van der Waals surface area contributed by atoms with Gasteiger partial charge in [-0.2, -0.15) is 0 Å². The number of methoxy groups -OCH3 is 2. The van der Waals surface area contributed by atoms with Crippen LogP contribution in [-0.2, 0) is 11.2 Å². The summed E-state index contributed by atoms with van der Waals surface area (Å²) in [7, 11) is 3.16. The summed E-state index contributed by atoms with van der Waals surface area (Å²) in [6.45, 7) is 0.441. The van der Waals surface area contributed by atoms with E-state index in [0.717, 1.165) is 5.56 Å². The smallest absolute Gasteiger partial charge is 0.271 e. The van der Waals surface area contributed by atoms with Crippen LogP contribution in [-0.4, -0.2) is 48.4 Å². The van der Waals surface area contributed by atoms with Gasteiger partial charge in [-0.15, -0.1) is 5.10 Å². The molecule has 0 radical (unpaired) electrons. The molecule has 1 saturated heterocycles. The molecule has 1 aliphatic heterocycles. The molecule has 0 aliphatic carbocycles. The lowest BCUT2D eigenvalue weighted by molar-refractivity contribution is -0.124. The van der Waals surface area contributed by atoms with Gasteiger partial charge >= 0.3 is 0 Å². The number of thioether (sulfide) groups is 1. The molecular weight excluding hydrogens is 414 g/mol. The Balaban J connectivity index is 1.65. The van der Waals surface area contributed by atoms with E-state index in [1.165, 1.54) is 11.8 Å². The van der Waals surface area contributed by atoms with E-state index in [4.69, 9.17) is 21.1 Å². The highest BCUT2D eigenvalue weighted by molar-refractivity contribution is 8.15. The van der Waals surface area contributed by atoms with Crippen LogP contribution in [0, 0.1) is 0 Å². The fourth-order valence-corrected chi connectivity index (χ4v) is 3.74. The number of amidine groups is 1. The van der Waals surface area contributed by atoms with E-state index in [9.17, 15) is 9.59 Å². The van der Waals surface area contributed by atoms with Gasteiger partial charge in [0.2, 0.25) is 5.91 Å². The minimum atomic E-state index is -0.367. The van der Waals surface area contributed by atoms with Crippen molar-refractivity contribution in [2.75, 3.05) is 26.5 Å². The maximum absolute atomic E-state index is 12.2. The number of hydrogen-bond donors (Lipinski definition) is 1. The fourth-order valence-electron chi connectivity index (χ4n) is 2.74. The summed E-state index contributed by atoms with van der Waals surface area (Å²) >= 11 is 7.12. The second-order valence-corrected chi connectivity index (χ2v) is 7.49. The topological polar surface area (TPSA) is 80.2 Å². The summed E-state index contributed by atoms with van der Waals surface area (Å²) in [5.74, 6) is 1.16. The number of amides is 2. The van der Waals surface area contributed by atoms with Crippen molar-refractivity contribution in [3.05, 3.63) is 58.6 Å². The predicted octanol–water partition coefficient (Wildman–Crippen LogP) is 3.18. The van der Waals surface area contributed by atoms with Crippen molar-refractivity contribution in [3.8, 4) is 11.5 Å². The molecular formula is C20H20ClN3O4S. The van der Waals surface area contributed by atoms with E-state index in [1.54, 1.807) is 43.4 Å². The minimum Gasteiger partial charge on any atom is -0.493 e. The lowest BCUT2D eigenvalue weighted by Crippen LogP contribution is -2.33. The largest absolute Gasteiger partial charge is 0.493 e. The molecule has 3 rings (SSSR count). The number of benzene rings is 2. The van der Waals surface area contributed by atoms with Gasteiger partial charge in [0.05, 0.1) is 20.0 Å². The number of carbonyl (C=O) groups excluding carboxylic acids is 2. The van der Waals surface area contributed by atoms with Crippen LogP contribution in [0.15, 0.2) is 47.6 Å². The average molecular weight is 434 g/mol. The first-order chi connectivity index (χ1) is 14.0. The fraction of sp³-hybridized carbons (Fsp3) is 0.250. The van der Waals surface area contributed by atoms with Crippen LogP contribution in [0.5, 0.6) is 11.5 Å². The zero-order valence-electron chi connectivity index (χ0n) is 16.0. The number of nitrogens with zero attached hydrogens (tertiary/aromatic N) is 2. The number of hydrogen-bond acceptors (Lipinski definition) is 6. The van der Waals surface area contributed by atoms with Crippen molar-refractivity contribution < 1.29 is 19.1 Å². The highest BCUT2D eigenvalue weighted by atomic mass is 35.5. The Bertz CT molecular complexity index is 934. The third-order valence-electron chi connectivity index (χ3n) is 4.29. The van der Waals surface area contributed by atoms with Crippen LogP contribution in [0.3, 0.4) is 0 Å². The van der Waals surface area contributed by atoms with Crippen LogP contribution in [0.2, 0.25) is 5.02 Å². The number of ether oxygens (including phenoxy) is 2. The van der Waals surface area contributed by atoms with Gasteiger partial charge < -0.3 is 9.47 Å². The Morgan fingerprint density at radius 3 is 2.59 bits per heavy atom. The molecule has 0 spiro atoms. The van der Waals surface area contributed by atoms with Crippen LogP contribution in [0.1, 0.15) is 15.9 Å². The van der Waals surface area contributed by atoms with Crippen LogP contribution in [0.25, 0.3) is 0 Å². The van der Waals surface area contributed by atoms with Crippen LogP contribution < -0.4 is 14.9 Å². The van der Waals surface area contributed by atoms with E-state index in [0.29, 0.717) is 46.0 Å². The first-order valence-corrected chi connectivity index (χ1v) is 10.2. The highest BCUT2D eigenvalue weighted by Gasteiger charge is 2.28. The number of nitrogens with one attached hydrogen (secondary N) is 1. The molecule has 0 unspecified atom stereocenters. The number of rotatable bonds is 7. The number of carbonyl (C=O) groups is 2. The third kappa shape index (κ3) is 5.21. The monoisotopic (exact) mass is 433 g/mol. The van der Waals surface area contributed by atoms with Crippen molar-refractivity contribution in [1.29, 1.82) is 0 Å². The Morgan fingerprint density at radius 2 is 1.90 bits per heavy atom. The third-order valence-corrected chi connectivity index (χ3v) is 5.50. The van der Waals surface area contributed by atoms with Crippen molar-refractivity contribution >= 4 is 40.3 Å². The lowest BCUT2D eigenvalue weighted by Gasteiger charge is -2.16. The normalized spacial score (nSPS) is 14.9. The van der Waals surface area contributed by atoms with Crippen molar-refractivity contribution in [3.63, 3.8) is 0 Å². The Morgan fingerprint density at radius 1 is 1.17 bits per heavy atom. The van der Waals surface area contributed by atoms with E-state index >= 15 is 0 Å². The van der Waals surface area contributed by atoms with E-state index in [2.05, 4.69) is 10.5 Å². The van der Waals surface area contributed by atoms with Gasteiger partial charge in [-0.3, -0.25) is 14.5 Å². The Labute approximate surface area is 178 Å². The molecule has 2 amide bonds. The minimum absolute atomic E-state index is 0.0463. The SMILES string of the molecule is COc1ccc(CCN2C(=O)CSC2=NNC(=O)c2ccc(Cl)cc2)cc1OC. The Kier molecular flexibility index (Phi) is 7.00. The number of halogens is 1. The van der Waals surface area contributed by atoms with E-state index < -0.39 is 0 Å². The molecule has 1 heterocycles. The molecule has 1 N–H and O–H groups in total. The first-order valence-electron chi connectivity index (χ1n) is 8.79. The number of hydrazone groups is 1. The predicted molar refractivity (Wildman–Crippen MR) is 114 cm³/mol. The molecule has 1 aliphatic rings. The second-order valence-electron chi connectivity index (χ2n) is 6.12. The van der Waals surface area contributed by atoms with E-state index in [1.807, 2.05) is 18.2 Å². The lowest BCUT2D eigenvalue weighted by atomic mass is 10.1. The maximum Gasteiger partial charge on any atom is 0.271 e. The van der Waals surface area contributed by atoms with Gasteiger partial charge in [0, 0.05) is 17.1 Å². The van der Waals surface area contributed by atoms with Crippen molar-refractivity contribution in [1.82, 2.24) is 10.3 Å². The molecule has 0 aromatic heterocycles. The highest BCUT2D eigenvalue weighted by Crippen LogP contribution is 2.28. The summed E-state index contributed by atoms with van der Waals surface area (Å²) < 4.78 is 10.6. The standard InChI is InChI=1S/C20H20ClN3O4S/c1-27-16-8-3-13(11-17(16)28-2)9-10-24-18(25)12-29-20(24)23-22-19(26)14-4-6-15(21)7-5-14/h3-8,11H,9-10,12H2,1-2H3,(H,22,26). The molecule has 152 valence electrons. The van der Waals surface area contributed by atoms with Gasteiger partial charge in [-0.1, -0.05) is 29.4 Å². The zero-order valence-corrected chi connectivity index (χ0v) is 17.5. The molecule has 2 aromatic rings. The van der Waals surface area contributed by atoms with Crippen molar-refractivity contribution in [2.24, 2.45) is 5.10 Å². The molecule has 29 heavy (non-hydrogen) atoms. The molecule has 2 aromatic carbocycles. The molecule has 0 saturated carbocycles. The summed E-state index contributed by atoms with van der Waals surface area (Å²) in [6.07, 6.45) is 0.608. The van der Waals surface area contributed by atoms with Crippen molar-refractivity contribution in [2.45, 2.75) is 6.42 Å². The first kappa shape index (κ1) is 21.0. The summed E-state index contributed by atoms with van der Waals surface area (Å²) in [5, 5.41) is 5.15. The molecule has 9 heteroatoms. The molecule has 1 fully saturated rings. The average Bonchev–Trinajstić information content (AvgIpc) is 3.10. The molecule has 7 nitrogen and oxygen atoms in total. The quantitative estimate of drug-likeness (QED) is 0.678. The van der Waals surface area contributed by atoms with Crippen LogP contribution in [0.4, 0.5) is 0 Å². The van der Waals surface area contributed by atoms with Gasteiger partial charge in [0.25, 0.3) is 5.91 Å². The second kappa shape index (κ2) is 9.67. The van der Waals surface area contributed by atoms with Gasteiger partial charge in [0.15, 0.2) is 16.7 Å². The molecule has 0 atom stereocenters. The molecule has 0 bridgehead atoms. The summed E-state index contributed by atoms with van der Waals surface area (Å²) in [5.41, 5.74) is 3.93. The summed E-state index contributed by atoms with van der Waals surface area (Å²) in [4.78, 5) is 26.0. The zero-order chi connectivity index (χ0) is 20.8. The van der Waals surface area contributed by atoms with Gasteiger partial charge in [-0.25, -0.2) is 5.43 Å². The van der Waals surface area contributed by atoms with Gasteiger partial charge in [0.1, 0.15) is 0 Å². The summed E-state index contributed by atoms with van der Waals surface area (Å²) in [6, 6.07) is 12.1. The maximum atomic E-state index is 12.2. The Hall–Kier alpha value is -2.71.